The first-order valence-corrected chi connectivity index (χ1v) is 7.60. The highest BCUT2D eigenvalue weighted by Gasteiger charge is 2.17. The third-order valence-electron chi connectivity index (χ3n) is 2.52. The first kappa shape index (κ1) is 15.5. The summed E-state index contributed by atoms with van der Waals surface area (Å²) < 4.78 is 29.5. The van der Waals surface area contributed by atoms with Crippen LogP contribution in [0.1, 0.15) is 5.56 Å². The molecule has 0 aliphatic heterocycles. The second-order valence-electron chi connectivity index (χ2n) is 4.16. The molecule has 2 aromatic rings. The molecule has 0 saturated heterocycles. The quantitative estimate of drug-likeness (QED) is 0.369. The Morgan fingerprint density at radius 1 is 1.00 bits per heavy atom. The molecule has 0 atom stereocenters. The van der Waals surface area contributed by atoms with Crippen molar-refractivity contribution in [1.82, 2.24) is 0 Å². The number of rotatable bonds is 5. The summed E-state index contributed by atoms with van der Waals surface area (Å²) in [6.07, 6.45) is 1.30. The lowest BCUT2D eigenvalue weighted by Crippen LogP contribution is -2.21. The van der Waals surface area contributed by atoms with E-state index in [4.69, 9.17) is 15.7 Å². The number of nitrogens with zero attached hydrogens (tertiary/aromatic N) is 2. The molecule has 7 nitrogen and oxygen atoms in total. The molecular formula is C14H14N4O3S. The molecule has 0 unspecified atom stereocenters. The van der Waals surface area contributed by atoms with Gasteiger partial charge in [0.1, 0.15) is 4.90 Å². The number of para-hydroxylation sites is 1. The van der Waals surface area contributed by atoms with Crippen LogP contribution in [-0.4, -0.2) is 20.6 Å². The van der Waals surface area contributed by atoms with Crippen molar-refractivity contribution in [1.29, 1.82) is 0 Å². The van der Waals surface area contributed by atoms with Crippen molar-refractivity contribution >= 4 is 22.3 Å². The summed E-state index contributed by atoms with van der Waals surface area (Å²) in [5, 5.41) is 7.09. The van der Waals surface area contributed by atoms with Crippen molar-refractivity contribution in [2.45, 2.75) is 4.90 Å². The van der Waals surface area contributed by atoms with Crippen LogP contribution in [0.25, 0.3) is 0 Å². The van der Waals surface area contributed by atoms with E-state index in [-0.39, 0.29) is 16.6 Å². The molecule has 0 spiro atoms. The van der Waals surface area contributed by atoms with Gasteiger partial charge in [0, 0.05) is 5.56 Å². The van der Waals surface area contributed by atoms with Gasteiger partial charge in [0.15, 0.2) is 5.75 Å². The number of nitrogens with two attached hydrogens (primary N) is 2. The fourth-order valence-corrected chi connectivity index (χ4v) is 2.55. The molecule has 0 saturated carbocycles. The van der Waals surface area contributed by atoms with Gasteiger partial charge < -0.3 is 15.7 Å². The zero-order chi connectivity index (χ0) is 16.0. The van der Waals surface area contributed by atoms with Crippen molar-refractivity contribution in [2.75, 3.05) is 0 Å². The van der Waals surface area contributed by atoms with Crippen molar-refractivity contribution in [3.63, 3.8) is 0 Å². The number of guanidine groups is 1. The zero-order valence-electron chi connectivity index (χ0n) is 11.5. The summed E-state index contributed by atoms with van der Waals surface area (Å²) in [4.78, 5) is 0.0611. The van der Waals surface area contributed by atoms with Crippen LogP contribution in [0.3, 0.4) is 0 Å². The highest BCUT2D eigenvalue weighted by Crippen LogP contribution is 2.21. The van der Waals surface area contributed by atoms with E-state index in [1.807, 2.05) is 0 Å². The number of hydrogen-bond acceptors (Lipinski definition) is 5. The van der Waals surface area contributed by atoms with E-state index in [1.54, 1.807) is 36.4 Å². The van der Waals surface area contributed by atoms with Gasteiger partial charge in [-0.1, -0.05) is 30.3 Å². The smallest absolute Gasteiger partial charge is 0.339 e. The van der Waals surface area contributed by atoms with Gasteiger partial charge in [-0.05, 0) is 24.3 Å². The highest BCUT2D eigenvalue weighted by molar-refractivity contribution is 7.87. The molecule has 0 heterocycles. The van der Waals surface area contributed by atoms with Crippen LogP contribution in [0.5, 0.6) is 5.75 Å². The third kappa shape index (κ3) is 4.06. The Kier molecular flexibility index (Phi) is 4.74. The molecule has 0 aromatic heterocycles. The van der Waals surface area contributed by atoms with Crippen LogP contribution in [0.15, 0.2) is 69.7 Å². The molecule has 0 amide bonds. The molecule has 2 rings (SSSR count). The molecule has 22 heavy (non-hydrogen) atoms. The molecule has 0 radical (unpaired) electrons. The molecule has 0 bridgehead atoms. The van der Waals surface area contributed by atoms with Crippen molar-refractivity contribution in [2.24, 2.45) is 21.7 Å². The maximum atomic E-state index is 12.2. The average Bonchev–Trinajstić information content (AvgIpc) is 2.49. The van der Waals surface area contributed by atoms with E-state index in [2.05, 4.69) is 10.2 Å². The van der Waals surface area contributed by atoms with Crippen molar-refractivity contribution in [3.8, 4) is 5.75 Å². The number of hydrogen-bond donors (Lipinski definition) is 2. The SMILES string of the molecule is NC(N)=NN=Cc1ccccc1OS(=O)(=O)c1ccccc1. The molecule has 8 heteroatoms. The van der Waals surface area contributed by atoms with Crippen LogP contribution in [-0.2, 0) is 10.1 Å². The van der Waals surface area contributed by atoms with Crippen LogP contribution in [0.4, 0.5) is 0 Å². The predicted molar refractivity (Wildman–Crippen MR) is 84.1 cm³/mol. The Labute approximate surface area is 128 Å². The van der Waals surface area contributed by atoms with Gasteiger partial charge >= 0.3 is 10.1 Å². The van der Waals surface area contributed by atoms with Gasteiger partial charge in [0.2, 0.25) is 5.96 Å². The maximum absolute atomic E-state index is 12.2. The fourth-order valence-electron chi connectivity index (χ4n) is 1.57. The van der Waals surface area contributed by atoms with Gasteiger partial charge in [0.05, 0.1) is 6.21 Å². The third-order valence-corrected chi connectivity index (χ3v) is 3.77. The highest BCUT2D eigenvalue weighted by atomic mass is 32.2. The number of benzene rings is 2. The summed E-state index contributed by atoms with van der Waals surface area (Å²) >= 11 is 0. The van der Waals surface area contributed by atoms with E-state index in [0.29, 0.717) is 5.56 Å². The molecule has 114 valence electrons. The lowest BCUT2D eigenvalue weighted by molar-refractivity contribution is 0.485. The summed E-state index contributed by atoms with van der Waals surface area (Å²) in [5.41, 5.74) is 10.7. The molecule has 2 aromatic carbocycles. The molecule has 0 fully saturated rings. The van der Waals surface area contributed by atoms with Gasteiger partial charge in [-0.2, -0.15) is 13.5 Å². The maximum Gasteiger partial charge on any atom is 0.339 e. The van der Waals surface area contributed by atoms with E-state index in [1.165, 1.54) is 24.4 Å². The van der Waals surface area contributed by atoms with E-state index < -0.39 is 10.1 Å². The van der Waals surface area contributed by atoms with Gasteiger partial charge in [-0.15, -0.1) is 5.10 Å². The molecule has 0 aliphatic carbocycles. The van der Waals surface area contributed by atoms with E-state index in [9.17, 15) is 8.42 Å². The summed E-state index contributed by atoms with van der Waals surface area (Å²) in [6.45, 7) is 0. The standard InChI is InChI=1S/C14H14N4O3S/c15-14(16)18-17-10-11-6-4-5-9-13(11)21-22(19,20)12-7-2-1-3-8-12/h1-10H,(H4,15,16,18). The summed E-state index contributed by atoms with van der Waals surface area (Å²) in [5.74, 6) is -0.0764. The Morgan fingerprint density at radius 3 is 2.32 bits per heavy atom. The Hall–Kier alpha value is -2.87. The van der Waals surface area contributed by atoms with Gasteiger partial charge in [-0.25, -0.2) is 0 Å². The normalized spacial score (nSPS) is 11.3. The van der Waals surface area contributed by atoms with E-state index in [0.717, 1.165) is 0 Å². The minimum absolute atomic E-state index is 0.0611. The van der Waals surface area contributed by atoms with Crippen LogP contribution < -0.4 is 15.7 Å². The molecule has 4 N–H and O–H groups in total. The fraction of sp³-hybridized carbons (Fsp3) is 0. The van der Waals surface area contributed by atoms with Gasteiger partial charge in [0.25, 0.3) is 0 Å². The van der Waals surface area contributed by atoms with Crippen LogP contribution in [0, 0.1) is 0 Å². The minimum atomic E-state index is -3.92. The first-order valence-electron chi connectivity index (χ1n) is 6.19. The lowest BCUT2D eigenvalue weighted by Gasteiger charge is -2.08. The Morgan fingerprint density at radius 2 is 1.64 bits per heavy atom. The monoisotopic (exact) mass is 318 g/mol. The first-order chi connectivity index (χ1) is 10.5. The Bertz CT molecular complexity index is 798. The van der Waals surface area contributed by atoms with Crippen molar-refractivity contribution in [3.05, 3.63) is 60.2 Å². The molecular weight excluding hydrogens is 304 g/mol. The molecule has 0 aliphatic rings. The summed E-state index contributed by atoms with van der Waals surface area (Å²) in [6, 6.07) is 14.3. The van der Waals surface area contributed by atoms with Crippen LogP contribution >= 0.6 is 0 Å². The lowest BCUT2D eigenvalue weighted by atomic mass is 10.2. The average molecular weight is 318 g/mol. The topological polar surface area (TPSA) is 120 Å². The predicted octanol–water partition coefficient (Wildman–Crippen LogP) is 1.06. The second-order valence-corrected chi connectivity index (χ2v) is 5.70. The van der Waals surface area contributed by atoms with Crippen LogP contribution in [0.2, 0.25) is 0 Å². The Balaban J connectivity index is 2.31. The van der Waals surface area contributed by atoms with Gasteiger partial charge in [-0.3, -0.25) is 0 Å². The summed E-state index contributed by atoms with van der Waals surface area (Å²) in [7, 11) is -3.92. The minimum Gasteiger partial charge on any atom is -0.378 e. The largest absolute Gasteiger partial charge is 0.378 e. The second kappa shape index (κ2) is 6.72. The van der Waals surface area contributed by atoms with E-state index >= 15 is 0 Å². The zero-order valence-corrected chi connectivity index (χ0v) is 12.3. The van der Waals surface area contributed by atoms with Crippen molar-refractivity contribution < 1.29 is 12.6 Å².